The van der Waals surface area contributed by atoms with E-state index in [2.05, 4.69) is 0 Å². The first-order chi connectivity index (χ1) is 4.20. The van der Waals surface area contributed by atoms with Gasteiger partial charge in [-0.05, 0) is 0 Å². The van der Waals surface area contributed by atoms with Gasteiger partial charge in [0.1, 0.15) is 0 Å². The maximum atomic E-state index is 5.54. The van der Waals surface area contributed by atoms with E-state index in [-0.39, 0.29) is 11.0 Å². The molecule has 58 valence electrons. The molecule has 0 aliphatic rings. The zero-order valence-corrected chi connectivity index (χ0v) is 6.28. The molecule has 1 aromatic carbocycles. The summed E-state index contributed by atoms with van der Waals surface area (Å²) in [6.07, 6.45) is 0. The summed E-state index contributed by atoms with van der Waals surface area (Å²) in [5.41, 5.74) is 8.00. The normalized spacial score (nSPS) is 7.91. The number of nitrogens with two attached hydrogens (primary N) is 1. The Hall–Kier alpha value is -0.995. The van der Waals surface area contributed by atoms with Crippen molar-refractivity contribution in [2.45, 2.75) is 6.92 Å². The third-order valence-corrected chi connectivity index (χ3v) is 1.30. The third kappa shape index (κ3) is 3.07. The first-order valence-corrected chi connectivity index (χ1v) is 2.82. The van der Waals surface area contributed by atoms with Crippen LogP contribution in [-0.4, -0.2) is 18.8 Å². The van der Waals surface area contributed by atoms with E-state index in [0.29, 0.717) is 0 Å². The monoisotopic (exact) mass is 151 g/mol. The zero-order chi connectivity index (χ0) is 6.85. The predicted molar refractivity (Wildman–Crippen MR) is 44.9 cm³/mol. The fourth-order valence-electron chi connectivity index (χ4n) is 0.659. The Balaban J connectivity index is 0. The Morgan fingerprint density at radius 2 is 1.82 bits per heavy atom. The van der Waals surface area contributed by atoms with Crippen molar-refractivity contribution in [1.29, 1.82) is 0 Å². The van der Waals surface area contributed by atoms with E-state index >= 15 is 0 Å². The second-order valence-electron chi connectivity index (χ2n) is 2.12. The topological polar surface area (TPSA) is 86.0 Å². The summed E-state index contributed by atoms with van der Waals surface area (Å²) in [5, 5.41) is 0. The molecule has 0 radical (unpaired) electrons. The van der Waals surface area contributed by atoms with Crippen molar-refractivity contribution in [1.82, 2.24) is 0 Å². The molecule has 0 aliphatic heterocycles. The Kier molecular flexibility index (Phi) is 5.48. The van der Waals surface area contributed by atoms with Crippen molar-refractivity contribution in [3.8, 4) is 0 Å². The molecular weight excluding hydrogens is 141 g/mol. The first kappa shape index (κ1) is 12.7. The van der Waals surface area contributed by atoms with Crippen molar-refractivity contribution in [3.05, 3.63) is 23.8 Å². The fraction of sp³-hybridized carbons (Fsp3) is 0.143. The summed E-state index contributed by atoms with van der Waals surface area (Å²) >= 11 is 0. The van der Waals surface area contributed by atoms with E-state index in [1.54, 1.807) is 6.07 Å². The fourth-order valence-corrected chi connectivity index (χ4v) is 0.659. The van der Waals surface area contributed by atoms with Crippen molar-refractivity contribution < 1.29 is 11.0 Å². The Labute approximate surface area is 67.2 Å². The molecule has 0 aromatic heterocycles. The van der Waals surface area contributed by atoms with Crippen LogP contribution in [0, 0.1) is 6.92 Å². The van der Waals surface area contributed by atoms with Crippen LogP contribution in [0.2, 0.25) is 0 Å². The van der Waals surface area contributed by atoms with Crippen LogP contribution in [-0.2, 0) is 0 Å². The predicted octanol–water partition coefficient (Wildman–Crippen LogP) is 0.0174. The molecule has 0 unspecified atom stereocenters. The van der Waals surface area contributed by atoms with Crippen LogP contribution in [0.25, 0.3) is 0 Å². The van der Waals surface area contributed by atoms with Gasteiger partial charge >= 0.3 is 55.4 Å². The molecule has 4 N–H and O–H groups in total. The molecule has 0 amide bonds. The molecule has 0 spiro atoms. The van der Waals surface area contributed by atoms with Crippen LogP contribution in [0.1, 0.15) is 5.56 Å². The van der Waals surface area contributed by atoms with Gasteiger partial charge in [-0.3, -0.25) is 0 Å². The van der Waals surface area contributed by atoms with Gasteiger partial charge in [0.2, 0.25) is 0 Å². The van der Waals surface area contributed by atoms with Crippen LogP contribution in [0.4, 0.5) is 5.69 Å². The largest absolute Gasteiger partial charge is 0.870 e. The smallest absolute Gasteiger partial charge is 0.870 e. The van der Waals surface area contributed by atoms with Crippen LogP contribution < -0.4 is 11.2 Å². The molecule has 0 atom stereocenters. The van der Waals surface area contributed by atoms with Crippen molar-refractivity contribution in [2.75, 3.05) is 5.73 Å². The van der Waals surface area contributed by atoms with Gasteiger partial charge in [0.05, 0.1) is 0 Å². The molecule has 0 aliphatic carbocycles. The standard InChI is InChI=1S/C7H8BN.2H2O/c1-5-2-3-6(9)4-7(5)8;;/h2-4H,9H2,1H3;2*1H2/q+2;;/p-2. The van der Waals surface area contributed by atoms with E-state index in [0.717, 1.165) is 16.7 Å². The average Bonchev–Trinajstić information content (AvgIpc) is 1.80. The Morgan fingerprint density at radius 3 is 2.18 bits per heavy atom. The van der Waals surface area contributed by atoms with Gasteiger partial charge in [-0.1, -0.05) is 0 Å². The van der Waals surface area contributed by atoms with Crippen LogP contribution in [0.5, 0.6) is 0 Å². The summed E-state index contributed by atoms with van der Waals surface area (Å²) in [6, 6.07) is 5.51. The minimum absolute atomic E-state index is 0. The van der Waals surface area contributed by atoms with Crippen molar-refractivity contribution in [3.63, 3.8) is 0 Å². The minimum atomic E-state index is 0. The van der Waals surface area contributed by atoms with E-state index in [4.69, 9.17) is 13.6 Å². The third-order valence-electron chi connectivity index (χ3n) is 1.30. The number of benzene rings is 1. The minimum Gasteiger partial charge on any atom is -0.870 e. The van der Waals surface area contributed by atoms with E-state index in [1.807, 2.05) is 19.1 Å². The van der Waals surface area contributed by atoms with Crippen molar-refractivity contribution in [2.24, 2.45) is 0 Å². The maximum absolute atomic E-state index is 5.54. The van der Waals surface area contributed by atoms with Gasteiger partial charge in [0.15, 0.2) is 0 Å². The Bertz CT molecular complexity index is 228. The van der Waals surface area contributed by atoms with Gasteiger partial charge in [-0.15, -0.1) is 0 Å². The van der Waals surface area contributed by atoms with Crippen LogP contribution >= 0.6 is 0 Å². The molecule has 0 bridgehead atoms. The van der Waals surface area contributed by atoms with E-state index in [9.17, 15) is 0 Å². The Morgan fingerprint density at radius 1 is 1.27 bits per heavy atom. The first-order valence-electron chi connectivity index (χ1n) is 2.82. The summed E-state index contributed by atoms with van der Waals surface area (Å²) < 4.78 is 0. The molecule has 11 heavy (non-hydrogen) atoms. The molecule has 3 nitrogen and oxygen atoms in total. The molecule has 0 saturated carbocycles. The second-order valence-corrected chi connectivity index (χ2v) is 2.12. The van der Waals surface area contributed by atoms with Gasteiger partial charge in [-0.2, -0.15) is 0 Å². The second kappa shape index (κ2) is 4.76. The van der Waals surface area contributed by atoms with Gasteiger partial charge in [-0.25, -0.2) is 0 Å². The molecule has 4 heteroatoms. The molecule has 0 fully saturated rings. The number of hydrogen-bond donors (Lipinski definition) is 1. The zero-order valence-electron chi connectivity index (χ0n) is 6.28. The maximum Gasteiger partial charge on any atom is -0.870 e. The van der Waals surface area contributed by atoms with Crippen LogP contribution in [0.15, 0.2) is 18.2 Å². The quantitative estimate of drug-likeness (QED) is 0.418. The summed E-state index contributed by atoms with van der Waals surface area (Å²) in [7, 11) is 5.54. The van der Waals surface area contributed by atoms with E-state index in [1.165, 1.54) is 0 Å². The molecular formula is C7H10BNO2. The number of aryl methyl sites for hydroxylation is 1. The number of anilines is 1. The molecule has 0 heterocycles. The SMILES string of the molecule is [B+2]c1cc(N)ccc1C.[OH-].[OH-]. The average molecular weight is 151 g/mol. The van der Waals surface area contributed by atoms with Crippen LogP contribution in [0.3, 0.4) is 0 Å². The summed E-state index contributed by atoms with van der Waals surface area (Å²) in [4.78, 5) is 0. The molecule has 1 aromatic rings. The van der Waals surface area contributed by atoms with Gasteiger partial charge < -0.3 is 11.0 Å². The van der Waals surface area contributed by atoms with Gasteiger partial charge in [0, 0.05) is 0 Å². The number of nitrogen functional groups attached to an aromatic ring is 1. The number of rotatable bonds is 0. The summed E-state index contributed by atoms with van der Waals surface area (Å²) in [6.45, 7) is 1.95. The molecule has 1 rings (SSSR count). The van der Waals surface area contributed by atoms with Crippen molar-refractivity contribution >= 4 is 19.0 Å². The number of hydrogen-bond acceptors (Lipinski definition) is 3. The van der Waals surface area contributed by atoms with Gasteiger partial charge in [0.25, 0.3) is 0 Å². The van der Waals surface area contributed by atoms with E-state index < -0.39 is 0 Å². The summed E-state index contributed by atoms with van der Waals surface area (Å²) in [5.74, 6) is 0. The molecule has 0 saturated heterocycles.